The van der Waals surface area contributed by atoms with Crippen molar-refractivity contribution >= 4 is 29.1 Å². The fourth-order valence-electron chi connectivity index (χ4n) is 3.34. The minimum absolute atomic E-state index is 0.551. The Morgan fingerprint density at radius 2 is 1.54 bits per heavy atom. The monoisotopic (exact) mass is 514 g/mol. The molecular weight excluding hydrogens is 498 g/mol. The molecule has 1 saturated heterocycles. The van der Waals surface area contributed by atoms with Gasteiger partial charge in [-0.05, 0) is 0 Å². The predicted molar refractivity (Wildman–Crippen MR) is 97.0 cm³/mol. The molecule has 1 fully saturated rings. The van der Waals surface area contributed by atoms with Crippen molar-refractivity contribution in [3.8, 4) is 0 Å². The van der Waals surface area contributed by atoms with Gasteiger partial charge in [-0.25, -0.2) is 15.0 Å². The number of fused-ring (bicyclic) bond motifs is 1. The summed E-state index contributed by atoms with van der Waals surface area (Å²) in [7, 11) is 0. The number of hydrogen-bond donors (Lipinski definition) is 0. The van der Waals surface area contributed by atoms with Gasteiger partial charge in [-0.3, -0.25) is 19.0 Å². The first kappa shape index (κ1) is 26.1. The van der Waals surface area contributed by atoms with Gasteiger partial charge in [0.2, 0.25) is 5.82 Å². The normalized spacial score (nSPS) is 22.8. The van der Waals surface area contributed by atoms with Gasteiger partial charge in [-0.15, -0.1) is 0 Å². The molecule has 0 amide bonds. The first-order valence-electron chi connectivity index (χ1n) is 9.61. The molecule has 17 heteroatoms. The molecule has 0 radical (unpaired) electrons. The molecule has 0 saturated carbocycles. The Morgan fingerprint density at radius 3 is 2.06 bits per heavy atom. The van der Waals surface area contributed by atoms with Gasteiger partial charge < -0.3 is 18.9 Å². The van der Waals surface area contributed by atoms with Crippen LogP contribution in [-0.2, 0) is 45.7 Å². The van der Waals surface area contributed by atoms with Crippen molar-refractivity contribution in [3.63, 3.8) is 0 Å². The molecule has 0 aromatic carbocycles. The summed E-state index contributed by atoms with van der Waals surface area (Å²) in [6.45, 7) is 2.45. The number of carbonyl (C=O) groups excluding carboxylic acids is 3. The largest absolute Gasteiger partial charge is 0.463 e. The third-order valence-corrected chi connectivity index (χ3v) is 4.56. The van der Waals surface area contributed by atoms with Gasteiger partial charge in [0.25, 0.3) is 0 Å². The van der Waals surface area contributed by atoms with Crippen molar-refractivity contribution in [2.24, 2.45) is 0 Å². The summed E-state index contributed by atoms with van der Waals surface area (Å²) in [5, 5.41) is 0. The molecule has 0 spiro atoms. The summed E-state index contributed by atoms with van der Waals surface area (Å²) in [5.41, 5.74) is -3.94. The average Bonchev–Trinajstić information content (AvgIpc) is 3.25. The number of ether oxygens (including phenoxy) is 4. The summed E-state index contributed by atoms with van der Waals surface area (Å²) >= 11 is 0. The fraction of sp³-hybridized carbons (Fsp3) is 0.556. The van der Waals surface area contributed by atoms with E-state index in [2.05, 4.69) is 15.0 Å². The van der Waals surface area contributed by atoms with Crippen LogP contribution in [0.25, 0.3) is 11.2 Å². The van der Waals surface area contributed by atoms with Crippen molar-refractivity contribution in [2.45, 2.75) is 57.7 Å². The number of halogens is 6. The fourth-order valence-corrected chi connectivity index (χ4v) is 3.34. The molecule has 3 rings (SSSR count). The zero-order chi connectivity index (χ0) is 26.3. The van der Waals surface area contributed by atoms with E-state index < -0.39 is 84.1 Å². The molecular formula is C18H16F6N4O7. The second-order valence-corrected chi connectivity index (χ2v) is 7.23. The highest BCUT2D eigenvalue weighted by molar-refractivity contribution is 5.74. The zero-order valence-corrected chi connectivity index (χ0v) is 18.0. The number of aromatic nitrogens is 4. The molecule has 35 heavy (non-hydrogen) atoms. The van der Waals surface area contributed by atoms with Gasteiger partial charge in [0.05, 0.1) is 6.33 Å². The van der Waals surface area contributed by atoms with Crippen LogP contribution in [0.4, 0.5) is 26.3 Å². The van der Waals surface area contributed by atoms with Gasteiger partial charge in [0.1, 0.15) is 18.2 Å². The van der Waals surface area contributed by atoms with E-state index in [0.717, 1.165) is 20.8 Å². The van der Waals surface area contributed by atoms with Crippen LogP contribution in [-0.4, -0.2) is 62.3 Å². The molecule has 0 N–H and O–H groups in total. The second kappa shape index (κ2) is 9.27. The highest BCUT2D eigenvalue weighted by Crippen LogP contribution is 2.39. The van der Waals surface area contributed by atoms with Gasteiger partial charge in [0, 0.05) is 20.8 Å². The lowest BCUT2D eigenvalue weighted by atomic mass is 10.1. The van der Waals surface area contributed by atoms with Crippen molar-refractivity contribution in [1.29, 1.82) is 0 Å². The SMILES string of the molecule is CC(=O)OC[C@H]1O[C@@H](n2cnc3c(C(F)(F)F)nc(C(F)(F)F)nc32)[C@H](OC(C)=O)[C@@H]1OC(C)=O. The molecule has 11 nitrogen and oxygen atoms in total. The van der Waals surface area contributed by atoms with E-state index in [4.69, 9.17) is 18.9 Å². The molecule has 1 aliphatic rings. The van der Waals surface area contributed by atoms with E-state index in [-0.39, 0.29) is 0 Å². The van der Waals surface area contributed by atoms with E-state index in [9.17, 15) is 40.7 Å². The van der Waals surface area contributed by atoms with Crippen LogP contribution in [0.5, 0.6) is 0 Å². The van der Waals surface area contributed by atoms with E-state index in [1.807, 2.05) is 0 Å². The summed E-state index contributed by atoms with van der Waals surface area (Å²) < 4.78 is 101. The molecule has 3 heterocycles. The molecule has 0 aliphatic carbocycles. The standard InChI is InChI=1S/C18H16F6N4O7/c1-6(29)32-4-9-11(33-7(2)30)12(34-8(3)31)15(35-9)28-5-25-10-13(17(19,20)21)26-16(18(22,23)24)27-14(10)28/h5,9,11-12,15H,4H2,1-3H3/t9-,11-,12-,15-/m1/s1. The maximum absolute atomic E-state index is 13.5. The zero-order valence-electron chi connectivity index (χ0n) is 18.0. The number of rotatable bonds is 5. The smallest absolute Gasteiger partial charge is 0.451 e. The summed E-state index contributed by atoms with van der Waals surface area (Å²) in [6.07, 6.45) is -16.0. The number of alkyl halides is 6. The van der Waals surface area contributed by atoms with E-state index in [1.165, 1.54) is 0 Å². The summed E-state index contributed by atoms with van der Waals surface area (Å²) in [4.78, 5) is 43.8. The Balaban J connectivity index is 2.18. The summed E-state index contributed by atoms with van der Waals surface area (Å²) in [6, 6.07) is 0. The maximum Gasteiger partial charge on any atom is 0.451 e. The molecule has 2 aromatic rings. The van der Waals surface area contributed by atoms with E-state index >= 15 is 0 Å². The maximum atomic E-state index is 13.5. The Labute approximate surface area is 191 Å². The van der Waals surface area contributed by atoms with Crippen LogP contribution in [0, 0.1) is 0 Å². The Hall–Kier alpha value is -3.50. The average molecular weight is 514 g/mol. The molecule has 1 aliphatic heterocycles. The van der Waals surface area contributed by atoms with Crippen molar-refractivity contribution in [1.82, 2.24) is 19.5 Å². The molecule has 0 bridgehead atoms. The lowest BCUT2D eigenvalue weighted by molar-refractivity contribution is -0.166. The van der Waals surface area contributed by atoms with Gasteiger partial charge in [-0.2, -0.15) is 26.3 Å². The topological polar surface area (TPSA) is 132 Å². The van der Waals surface area contributed by atoms with Crippen molar-refractivity contribution in [2.75, 3.05) is 6.61 Å². The number of nitrogens with zero attached hydrogens (tertiary/aromatic N) is 4. The highest BCUT2D eigenvalue weighted by atomic mass is 19.4. The van der Waals surface area contributed by atoms with Crippen LogP contribution >= 0.6 is 0 Å². The molecule has 4 atom stereocenters. The summed E-state index contributed by atoms with van der Waals surface area (Å²) in [5.74, 6) is -4.71. The number of hydrogen-bond acceptors (Lipinski definition) is 10. The van der Waals surface area contributed by atoms with Crippen LogP contribution in [0.1, 0.15) is 38.5 Å². The third-order valence-electron chi connectivity index (χ3n) is 4.56. The molecule has 192 valence electrons. The lowest BCUT2D eigenvalue weighted by Crippen LogP contribution is -2.40. The van der Waals surface area contributed by atoms with Crippen LogP contribution in [0.15, 0.2) is 6.33 Å². The van der Waals surface area contributed by atoms with Crippen LogP contribution in [0.2, 0.25) is 0 Å². The quantitative estimate of drug-likeness (QED) is 0.332. The van der Waals surface area contributed by atoms with Crippen molar-refractivity contribution < 1.29 is 59.7 Å². The second-order valence-electron chi connectivity index (χ2n) is 7.23. The number of carbonyl (C=O) groups is 3. The Morgan fingerprint density at radius 1 is 0.943 bits per heavy atom. The lowest BCUT2D eigenvalue weighted by Gasteiger charge is -2.23. The van der Waals surface area contributed by atoms with Gasteiger partial charge >= 0.3 is 30.3 Å². The van der Waals surface area contributed by atoms with E-state index in [0.29, 0.717) is 10.9 Å². The minimum Gasteiger partial charge on any atom is -0.463 e. The van der Waals surface area contributed by atoms with Crippen LogP contribution in [0.3, 0.4) is 0 Å². The molecule has 0 unspecified atom stereocenters. The molecule has 2 aromatic heterocycles. The first-order valence-corrected chi connectivity index (χ1v) is 9.61. The van der Waals surface area contributed by atoms with Gasteiger partial charge in [0.15, 0.2) is 29.8 Å². The third kappa shape index (κ3) is 5.60. The first-order chi connectivity index (χ1) is 16.1. The van der Waals surface area contributed by atoms with Crippen molar-refractivity contribution in [3.05, 3.63) is 17.8 Å². The Kier molecular flexibility index (Phi) is 6.92. The Bertz CT molecular complexity index is 1150. The number of imidazole rings is 1. The van der Waals surface area contributed by atoms with Crippen LogP contribution < -0.4 is 0 Å². The number of esters is 3. The highest BCUT2D eigenvalue weighted by Gasteiger charge is 2.52. The van der Waals surface area contributed by atoms with E-state index in [1.54, 1.807) is 0 Å². The predicted octanol–water partition coefficient (Wildman–Crippen LogP) is 2.19. The minimum atomic E-state index is -5.35. The van der Waals surface area contributed by atoms with Gasteiger partial charge in [-0.1, -0.05) is 0 Å².